The largest absolute Gasteiger partial charge is 0.504 e. The van der Waals surface area contributed by atoms with Crippen LogP contribution in [0.4, 0.5) is 0 Å². The Balaban J connectivity index is 2.12. The predicted molar refractivity (Wildman–Crippen MR) is 70.8 cm³/mol. The average Bonchev–Trinajstić information content (AvgIpc) is 2.37. The molecule has 0 aliphatic heterocycles. The lowest BCUT2D eigenvalue weighted by atomic mass is 10.2. The Labute approximate surface area is 113 Å². The van der Waals surface area contributed by atoms with Gasteiger partial charge < -0.3 is 25.5 Å². The first kappa shape index (κ1) is 13.2. The van der Waals surface area contributed by atoms with Crippen molar-refractivity contribution in [1.29, 1.82) is 0 Å². The molecule has 0 saturated heterocycles. The van der Waals surface area contributed by atoms with Crippen LogP contribution in [0.1, 0.15) is 5.56 Å². The maximum Gasteiger partial charge on any atom is 0.200 e. The van der Waals surface area contributed by atoms with Gasteiger partial charge in [-0.1, -0.05) is 0 Å². The second-order valence-corrected chi connectivity index (χ2v) is 4.97. The van der Waals surface area contributed by atoms with Crippen LogP contribution < -0.4 is 0 Å². The van der Waals surface area contributed by atoms with Crippen LogP contribution in [0.15, 0.2) is 35.2 Å². The molecule has 0 heterocycles. The van der Waals surface area contributed by atoms with Gasteiger partial charge >= 0.3 is 0 Å². The average molecular weight is 280 g/mol. The molecule has 2 aromatic carbocycles. The van der Waals surface area contributed by atoms with Gasteiger partial charge in [-0.05, 0) is 35.9 Å². The van der Waals surface area contributed by atoms with Crippen LogP contribution in [-0.4, -0.2) is 25.5 Å². The van der Waals surface area contributed by atoms with E-state index < -0.39 is 5.75 Å². The summed E-state index contributed by atoms with van der Waals surface area (Å²) in [5, 5.41) is 46.5. The number of hydrogen-bond acceptors (Lipinski definition) is 6. The molecule has 5 N–H and O–H groups in total. The van der Waals surface area contributed by atoms with E-state index in [0.717, 1.165) is 4.90 Å². The lowest BCUT2D eigenvalue weighted by Crippen LogP contribution is -1.82. The van der Waals surface area contributed by atoms with Crippen molar-refractivity contribution < 1.29 is 25.5 Å². The lowest BCUT2D eigenvalue weighted by Gasteiger charge is -2.06. The Morgan fingerprint density at radius 2 is 1.37 bits per heavy atom. The Morgan fingerprint density at radius 1 is 0.737 bits per heavy atom. The zero-order valence-corrected chi connectivity index (χ0v) is 10.6. The fraction of sp³-hybridized carbons (Fsp3) is 0.0769. The molecule has 0 aliphatic carbocycles. The van der Waals surface area contributed by atoms with Gasteiger partial charge in [0, 0.05) is 10.6 Å². The fourth-order valence-electron chi connectivity index (χ4n) is 1.50. The van der Waals surface area contributed by atoms with E-state index in [1.165, 1.54) is 36.0 Å². The van der Waals surface area contributed by atoms with Crippen LogP contribution in [0.3, 0.4) is 0 Å². The summed E-state index contributed by atoms with van der Waals surface area (Å²) in [6.45, 7) is 0. The van der Waals surface area contributed by atoms with Gasteiger partial charge in [0.25, 0.3) is 0 Å². The number of aromatic hydroxyl groups is 5. The van der Waals surface area contributed by atoms with Crippen molar-refractivity contribution in [2.75, 3.05) is 0 Å². The molecule has 0 aromatic heterocycles. The third-order valence-corrected chi connectivity index (χ3v) is 3.55. The molecule has 100 valence electrons. The third-order valence-electron chi connectivity index (χ3n) is 2.48. The Bertz CT molecular complexity index is 589. The topological polar surface area (TPSA) is 101 Å². The van der Waals surface area contributed by atoms with E-state index in [9.17, 15) is 25.5 Å². The molecule has 19 heavy (non-hydrogen) atoms. The molecular weight excluding hydrogens is 268 g/mol. The van der Waals surface area contributed by atoms with Gasteiger partial charge in [0.2, 0.25) is 0 Å². The zero-order chi connectivity index (χ0) is 14.0. The number of hydrogen-bond donors (Lipinski definition) is 5. The molecule has 2 rings (SSSR count). The van der Waals surface area contributed by atoms with E-state index in [2.05, 4.69) is 0 Å². The van der Waals surface area contributed by atoms with Crippen molar-refractivity contribution in [3.63, 3.8) is 0 Å². The normalized spacial score (nSPS) is 10.5. The van der Waals surface area contributed by atoms with Gasteiger partial charge in [-0.25, -0.2) is 0 Å². The van der Waals surface area contributed by atoms with Gasteiger partial charge in [-0.3, -0.25) is 0 Å². The molecule has 0 amide bonds. The molecular formula is C13H12O5S. The van der Waals surface area contributed by atoms with Crippen molar-refractivity contribution in [2.24, 2.45) is 0 Å². The van der Waals surface area contributed by atoms with Crippen LogP contribution in [0.2, 0.25) is 0 Å². The van der Waals surface area contributed by atoms with E-state index in [0.29, 0.717) is 11.3 Å². The van der Waals surface area contributed by atoms with Crippen LogP contribution in [0.25, 0.3) is 0 Å². The van der Waals surface area contributed by atoms with E-state index in [-0.39, 0.29) is 23.0 Å². The van der Waals surface area contributed by atoms with E-state index in [1.54, 1.807) is 6.07 Å². The van der Waals surface area contributed by atoms with Gasteiger partial charge in [-0.2, -0.15) is 0 Å². The highest BCUT2D eigenvalue weighted by Gasteiger charge is 2.09. The maximum absolute atomic E-state index is 9.37. The summed E-state index contributed by atoms with van der Waals surface area (Å²) in [6, 6.07) is 7.13. The molecule has 5 nitrogen and oxygen atoms in total. The smallest absolute Gasteiger partial charge is 0.200 e. The summed E-state index contributed by atoms with van der Waals surface area (Å²) in [6.07, 6.45) is 0. The predicted octanol–water partition coefficient (Wildman–Crippen LogP) is 2.51. The summed E-state index contributed by atoms with van der Waals surface area (Å²) in [4.78, 5) is 0.724. The molecule has 0 unspecified atom stereocenters. The van der Waals surface area contributed by atoms with Crippen molar-refractivity contribution in [3.8, 4) is 28.7 Å². The van der Waals surface area contributed by atoms with Crippen molar-refractivity contribution >= 4 is 11.8 Å². The first-order valence-electron chi connectivity index (χ1n) is 5.36. The van der Waals surface area contributed by atoms with E-state index in [1.807, 2.05) is 0 Å². The van der Waals surface area contributed by atoms with Crippen LogP contribution in [-0.2, 0) is 5.75 Å². The Kier molecular flexibility index (Phi) is 3.62. The Morgan fingerprint density at radius 3 is 1.95 bits per heavy atom. The van der Waals surface area contributed by atoms with Crippen LogP contribution in [0, 0.1) is 0 Å². The number of rotatable bonds is 3. The lowest BCUT2D eigenvalue weighted by molar-refractivity contribution is 0.367. The van der Waals surface area contributed by atoms with Gasteiger partial charge in [-0.15, -0.1) is 11.8 Å². The molecule has 0 aliphatic rings. The van der Waals surface area contributed by atoms with Crippen LogP contribution in [0.5, 0.6) is 28.7 Å². The molecule has 0 bridgehead atoms. The minimum Gasteiger partial charge on any atom is -0.504 e. The minimum atomic E-state index is -0.545. The minimum absolute atomic E-state index is 0.190. The zero-order valence-electron chi connectivity index (χ0n) is 9.74. The summed E-state index contributed by atoms with van der Waals surface area (Å²) in [5.41, 5.74) is 0.616. The molecule has 2 aromatic rings. The summed E-state index contributed by atoms with van der Waals surface area (Å²) >= 11 is 1.34. The quantitative estimate of drug-likeness (QED) is 0.437. The molecule has 0 fully saturated rings. The van der Waals surface area contributed by atoms with Gasteiger partial charge in [0.1, 0.15) is 0 Å². The SMILES string of the molecule is Oc1ccc(SCc2cc(O)c(O)c(O)c2)cc1O. The number of phenols is 5. The van der Waals surface area contributed by atoms with Crippen molar-refractivity contribution in [2.45, 2.75) is 10.6 Å². The number of benzene rings is 2. The third kappa shape index (κ3) is 2.97. The molecule has 6 heteroatoms. The standard InChI is InChI=1S/C13H12O5S/c14-9-2-1-8(5-10(9)15)19-6-7-3-11(16)13(18)12(17)4-7/h1-5,14-18H,6H2. The van der Waals surface area contributed by atoms with Gasteiger partial charge in [0.15, 0.2) is 28.7 Å². The first-order valence-corrected chi connectivity index (χ1v) is 6.34. The molecule has 0 saturated carbocycles. The number of phenolic OH excluding ortho intramolecular Hbond substituents is 5. The maximum atomic E-state index is 9.37. The second-order valence-electron chi connectivity index (χ2n) is 3.92. The summed E-state index contributed by atoms with van der Waals surface area (Å²) in [5.74, 6) is -1.29. The summed E-state index contributed by atoms with van der Waals surface area (Å²) in [7, 11) is 0. The van der Waals surface area contributed by atoms with Crippen molar-refractivity contribution in [3.05, 3.63) is 35.9 Å². The number of thioether (sulfide) groups is 1. The molecule has 0 radical (unpaired) electrons. The molecule has 0 spiro atoms. The fourth-order valence-corrected chi connectivity index (χ4v) is 2.36. The monoisotopic (exact) mass is 280 g/mol. The Hall–Kier alpha value is -2.21. The highest BCUT2D eigenvalue weighted by atomic mass is 32.2. The van der Waals surface area contributed by atoms with E-state index >= 15 is 0 Å². The highest BCUT2D eigenvalue weighted by Crippen LogP contribution is 2.38. The van der Waals surface area contributed by atoms with Gasteiger partial charge in [0.05, 0.1) is 0 Å². The summed E-state index contributed by atoms with van der Waals surface area (Å²) < 4.78 is 0. The molecule has 0 atom stereocenters. The first-order chi connectivity index (χ1) is 8.97. The highest BCUT2D eigenvalue weighted by molar-refractivity contribution is 7.98. The van der Waals surface area contributed by atoms with Crippen molar-refractivity contribution in [1.82, 2.24) is 0 Å². The second kappa shape index (κ2) is 5.19. The van der Waals surface area contributed by atoms with E-state index in [4.69, 9.17) is 0 Å². The van der Waals surface area contributed by atoms with Crippen LogP contribution >= 0.6 is 11.8 Å².